The van der Waals surface area contributed by atoms with Gasteiger partial charge in [0.25, 0.3) is 5.91 Å². The SMILES string of the molecule is COc1cccc(NC(=O)c2ccnc(N3CCN(c4ccccn4)CC3)c2)c1. The minimum atomic E-state index is -0.172. The zero-order valence-electron chi connectivity index (χ0n) is 16.3. The van der Waals surface area contributed by atoms with Gasteiger partial charge >= 0.3 is 0 Å². The second-order valence-corrected chi connectivity index (χ2v) is 6.75. The van der Waals surface area contributed by atoms with Crippen molar-refractivity contribution in [2.45, 2.75) is 0 Å². The number of nitrogens with zero attached hydrogens (tertiary/aromatic N) is 4. The molecule has 0 aliphatic carbocycles. The van der Waals surface area contributed by atoms with Gasteiger partial charge in [-0.25, -0.2) is 9.97 Å². The summed E-state index contributed by atoms with van der Waals surface area (Å²) in [4.78, 5) is 26.0. The third kappa shape index (κ3) is 4.45. The van der Waals surface area contributed by atoms with E-state index in [2.05, 4.69) is 25.1 Å². The number of methoxy groups -OCH3 is 1. The van der Waals surface area contributed by atoms with Crippen LogP contribution in [0.3, 0.4) is 0 Å². The topological polar surface area (TPSA) is 70.6 Å². The summed E-state index contributed by atoms with van der Waals surface area (Å²) in [5, 5.41) is 2.91. The molecule has 0 bridgehead atoms. The van der Waals surface area contributed by atoms with E-state index in [1.54, 1.807) is 25.4 Å². The average molecular weight is 389 g/mol. The van der Waals surface area contributed by atoms with E-state index in [-0.39, 0.29) is 5.91 Å². The van der Waals surface area contributed by atoms with Crippen molar-refractivity contribution in [3.63, 3.8) is 0 Å². The first-order valence-electron chi connectivity index (χ1n) is 9.55. The molecule has 1 aliphatic heterocycles. The molecule has 29 heavy (non-hydrogen) atoms. The largest absolute Gasteiger partial charge is 0.497 e. The maximum Gasteiger partial charge on any atom is 0.255 e. The Kier molecular flexibility index (Phi) is 5.56. The van der Waals surface area contributed by atoms with E-state index in [1.807, 2.05) is 48.7 Å². The minimum Gasteiger partial charge on any atom is -0.497 e. The number of ether oxygens (including phenoxy) is 1. The molecule has 0 radical (unpaired) electrons. The van der Waals surface area contributed by atoms with Gasteiger partial charge in [-0.2, -0.15) is 0 Å². The smallest absolute Gasteiger partial charge is 0.255 e. The minimum absolute atomic E-state index is 0.172. The summed E-state index contributed by atoms with van der Waals surface area (Å²) in [5.74, 6) is 2.33. The van der Waals surface area contributed by atoms with Crippen LogP contribution in [0.15, 0.2) is 67.0 Å². The van der Waals surface area contributed by atoms with Gasteiger partial charge in [0, 0.05) is 55.9 Å². The van der Waals surface area contributed by atoms with Gasteiger partial charge in [0.2, 0.25) is 0 Å². The molecule has 0 atom stereocenters. The summed E-state index contributed by atoms with van der Waals surface area (Å²) in [5.41, 5.74) is 1.27. The second kappa shape index (κ2) is 8.60. The van der Waals surface area contributed by atoms with Crippen LogP contribution in [0.2, 0.25) is 0 Å². The molecule has 3 aromatic rings. The zero-order valence-corrected chi connectivity index (χ0v) is 16.3. The first-order chi connectivity index (χ1) is 14.2. The Hall–Kier alpha value is -3.61. The molecule has 1 amide bonds. The van der Waals surface area contributed by atoms with Gasteiger partial charge in [-0.15, -0.1) is 0 Å². The van der Waals surface area contributed by atoms with Crippen LogP contribution < -0.4 is 19.9 Å². The van der Waals surface area contributed by atoms with E-state index >= 15 is 0 Å². The number of carbonyl (C=O) groups excluding carboxylic acids is 1. The third-order valence-corrected chi connectivity index (χ3v) is 4.91. The molecule has 7 nitrogen and oxygen atoms in total. The lowest BCUT2D eigenvalue weighted by Crippen LogP contribution is -2.47. The highest BCUT2D eigenvalue weighted by atomic mass is 16.5. The standard InChI is InChI=1S/C22H23N5O2/c1-29-19-6-4-5-18(16-19)25-22(28)17-8-10-24-21(15-17)27-13-11-26(12-14-27)20-7-2-3-9-23-20/h2-10,15-16H,11-14H2,1H3,(H,25,28). The zero-order chi connectivity index (χ0) is 20.1. The number of aromatic nitrogens is 2. The quantitative estimate of drug-likeness (QED) is 0.723. The summed E-state index contributed by atoms with van der Waals surface area (Å²) in [6, 6.07) is 16.8. The highest BCUT2D eigenvalue weighted by Crippen LogP contribution is 2.20. The Morgan fingerprint density at radius 3 is 2.38 bits per heavy atom. The molecule has 4 rings (SSSR count). The van der Waals surface area contributed by atoms with E-state index in [0.29, 0.717) is 17.0 Å². The van der Waals surface area contributed by atoms with Gasteiger partial charge in [-0.3, -0.25) is 4.79 Å². The highest BCUT2D eigenvalue weighted by molar-refractivity contribution is 6.04. The number of amides is 1. The fraction of sp³-hybridized carbons (Fsp3) is 0.227. The van der Waals surface area contributed by atoms with Gasteiger partial charge in [-0.1, -0.05) is 12.1 Å². The van der Waals surface area contributed by atoms with E-state index in [4.69, 9.17) is 4.74 Å². The van der Waals surface area contributed by atoms with Crippen molar-refractivity contribution < 1.29 is 9.53 Å². The number of rotatable bonds is 5. The van der Waals surface area contributed by atoms with Crippen molar-refractivity contribution in [2.24, 2.45) is 0 Å². The van der Waals surface area contributed by atoms with Crippen LogP contribution in [0.1, 0.15) is 10.4 Å². The van der Waals surface area contributed by atoms with Crippen LogP contribution in [-0.4, -0.2) is 49.2 Å². The molecular formula is C22H23N5O2. The predicted molar refractivity (Wildman–Crippen MR) is 114 cm³/mol. The predicted octanol–water partition coefficient (Wildman–Crippen LogP) is 3.06. The van der Waals surface area contributed by atoms with Crippen molar-refractivity contribution in [1.82, 2.24) is 9.97 Å². The molecule has 1 saturated heterocycles. The maximum absolute atomic E-state index is 12.7. The molecule has 0 spiro atoms. The molecule has 2 aromatic heterocycles. The third-order valence-electron chi connectivity index (χ3n) is 4.91. The van der Waals surface area contributed by atoms with Crippen LogP contribution in [0, 0.1) is 0 Å². The van der Waals surface area contributed by atoms with Crippen LogP contribution in [0.4, 0.5) is 17.3 Å². The Labute approximate surface area is 170 Å². The molecule has 0 unspecified atom stereocenters. The van der Waals surface area contributed by atoms with Crippen molar-refractivity contribution in [3.05, 3.63) is 72.6 Å². The number of carbonyl (C=O) groups is 1. The monoisotopic (exact) mass is 389 g/mol. The molecule has 3 heterocycles. The number of hydrogen-bond acceptors (Lipinski definition) is 6. The van der Waals surface area contributed by atoms with E-state index in [0.717, 1.165) is 37.8 Å². The lowest BCUT2D eigenvalue weighted by atomic mass is 10.2. The lowest BCUT2D eigenvalue weighted by Gasteiger charge is -2.36. The molecule has 7 heteroatoms. The van der Waals surface area contributed by atoms with Crippen LogP contribution in [0.25, 0.3) is 0 Å². The number of anilines is 3. The molecule has 1 N–H and O–H groups in total. The highest BCUT2D eigenvalue weighted by Gasteiger charge is 2.20. The van der Waals surface area contributed by atoms with E-state index in [9.17, 15) is 4.79 Å². The Morgan fingerprint density at radius 1 is 0.897 bits per heavy atom. The number of pyridine rings is 2. The molecular weight excluding hydrogens is 366 g/mol. The summed E-state index contributed by atoms with van der Waals surface area (Å²) in [7, 11) is 1.60. The Morgan fingerprint density at radius 2 is 1.66 bits per heavy atom. The Bertz CT molecular complexity index is 972. The molecule has 148 valence electrons. The first-order valence-corrected chi connectivity index (χ1v) is 9.55. The average Bonchev–Trinajstić information content (AvgIpc) is 2.80. The Balaban J connectivity index is 1.41. The fourth-order valence-corrected chi connectivity index (χ4v) is 3.34. The summed E-state index contributed by atoms with van der Waals surface area (Å²) in [6.45, 7) is 3.37. The lowest BCUT2D eigenvalue weighted by molar-refractivity contribution is 0.102. The number of benzene rings is 1. The van der Waals surface area contributed by atoms with Crippen molar-refractivity contribution in [3.8, 4) is 5.75 Å². The first kappa shape index (κ1) is 18.7. The molecule has 1 fully saturated rings. The van der Waals surface area contributed by atoms with Gasteiger partial charge in [-0.05, 0) is 36.4 Å². The van der Waals surface area contributed by atoms with E-state index in [1.165, 1.54) is 0 Å². The summed E-state index contributed by atoms with van der Waals surface area (Å²) < 4.78 is 5.20. The van der Waals surface area contributed by atoms with Crippen LogP contribution >= 0.6 is 0 Å². The number of piperazine rings is 1. The van der Waals surface area contributed by atoms with Gasteiger partial charge in [0.05, 0.1) is 7.11 Å². The summed E-state index contributed by atoms with van der Waals surface area (Å²) >= 11 is 0. The van der Waals surface area contributed by atoms with E-state index < -0.39 is 0 Å². The van der Waals surface area contributed by atoms with Gasteiger partial charge < -0.3 is 19.9 Å². The maximum atomic E-state index is 12.7. The van der Waals surface area contributed by atoms with Gasteiger partial charge in [0.1, 0.15) is 17.4 Å². The molecule has 1 aromatic carbocycles. The van der Waals surface area contributed by atoms with Crippen LogP contribution in [0.5, 0.6) is 5.75 Å². The van der Waals surface area contributed by atoms with Crippen molar-refractivity contribution >= 4 is 23.2 Å². The summed E-state index contributed by atoms with van der Waals surface area (Å²) in [6.07, 6.45) is 3.49. The van der Waals surface area contributed by atoms with Crippen molar-refractivity contribution in [2.75, 3.05) is 48.4 Å². The fourth-order valence-electron chi connectivity index (χ4n) is 3.34. The second-order valence-electron chi connectivity index (χ2n) is 6.75. The van der Waals surface area contributed by atoms with Gasteiger partial charge in [0.15, 0.2) is 0 Å². The number of hydrogen-bond donors (Lipinski definition) is 1. The van der Waals surface area contributed by atoms with Crippen LogP contribution in [-0.2, 0) is 0 Å². The number of nitrogens with one attached hydrogen (secondary N) is 1. The normalized spacial score (nSPS) is 13.8. The molecule has 0 saturated carbocycles. The van der Waals surface area contributed by atoms with Crippen molar-refractivity contribution in [1.29, 1.82) is 0 Å². The molecule has 1 aliphatic rings.